The molecule has 3 nitrogen and oxygen atoms in total. The zero-order valence-corrected chi connectivity index (χ0v) is 11.9. The molecule has 0 aliphatic carbocycles. The molecule has 0 fully saturated rings. The SMILES string of the molecule is CCOC(=O)C(C)(CCCc1ccccc1)C(C)=O. The first-order chi connectivity index (χ1) is 9.00. The molecule has 1 aromatic carbocycles. The fourth-order valence-corrected chi connectivity index (χ4v) is 2.00. The molecule has 0 N–H and O–H groups in total. The van der Waals surface area contributed by atoms with Crippen molar-refractivity contribution in [2.75, 3.05) is 6.61 Å². The number of Topliss-reactive ketones (excluding diaryl/α,β-unsaturated/α-hetero) is 1. The van der Waals surface area contributed by atoms with Gasteiger partial charge in [0, 0.05) is 0 Å². The topological polar surface area (TPSA) is 43.4 Å². The van der Waals surface area contributed by atoms with Crippen LogP contribution in [0.2, 0.25) is 0 Å². The van der Waals surface area contributed by atoms with Crippen LogP contribution in [-0.4, -0.2) is 18.4 Å². The van der Waals surface area contributed by atoms with Gasteiger partial charge >= 0.3 is 5.97 Å². The molecule has 1 aromatic rings. The molecule has 1 atom stereocenters. The summed E-state index contributed by atoms with van der Waals surface area (Å²) in [5, 5.41) is 0. The highest BCUT2D eigenvalue weighted by Gasteiger charge is 2.39. The molecule has 0 aliphatic heterocycles. The second-order valence-corrected chi connectivity index (χ2v) is 4.95. The lowest BCUT2D eigenvalue weighted by atomic mass is 9.81. The van der Waals surface area contributed by atoms with Crippen molar-refractivity contribution in [1.82, 2.24) is 0 Å². The molecule has 0 bridgehead atoms. The Kier molecular flexibility index (Phi) is 5.74. The largest absolute Gasteiger partial charge is 0.465 e. The van der Waals surface area contributed by atoms with Crippen molar-refractivity contribution in [2.24, 2.45) is 5.41 Å². The average Bonchev–Trinajstić information content (AvgIpc) is 2.39. The molecule has 19 heavy (non-hydrogen) atoms. The number of carbonyl (C=O) groups excluding carboxylic acids is 2. The maximum atomic E-state index is 11.9. The number of rotatable bonds is 7. The number of benzene rings is 1. The van der Waals surface area contributed by atoms with Gasteiger partial charge in [-0.25, -0.2) is 0 Å². The number of esters is 1. The minimum atomic E-state index is -1.01. The lowest BCUT2D eigenvalue weighted by Gasteiger charge is -2.24. The van der Waals surface area contributed by atoms with E-state index in [-0.39, 0.29) is 5.78 Å². The van der Waals surface area contributed by atoms with Crippen LogP contribution in [0.15, 0.2) is 30.3 Å². The highest BCUT2D eigenvalue weighted by Crippen LogP contribution is 2.27. The van der Waals surface area contributed by atoms with Crippen LogP contribution in [0.4, 0.5) is 0 Å². The molecule has 0 spiro atoms. The van der Waals surface area contributed by atoms with Gasteiger partial charge in [0.15, 0.2) is 0 Å². The monoisotopic (exact) mass is 262 g/mol. The van der Waals surface area contributed by atoms with Crippen molar-refractivity contribution in [3.63, 3.8) is 0 Å². The quantitative estimate of drug-likeness (QED) is 0.560. The first-order valence-electron chi connectivity index (χ1n) is 6.73. The van der Waals surface area contributed by atoms with Crippen LogP contribution in [0.5, 0.6) is 0 Å². The van der Waals surface area contributed by atoms with E-state index in [4.69, 9.17) is 4.74 Å². The Morgan fingerprint density at radius 2 is 1.84 bits per heavy atom. The molecule has 0 amide bonds. The molecule has 0 radical (unpaired) electrons. The Hall–Kier alpha value is -1.64. The van der Waals surface area contributed by atoms with Crippen LogP contribution in [0.25, 0.3) is 0 Å². The minimum absolute atomic E-state index is 0.126. The maximum absolute atomic E-state index is 11.9. The van der Waals surface area contributed by atoms with Crippen molar-refractivity contribution < 1.29 is 14.3 Å². The average molecular weight is 262 g/mol. The fourth-order valence-electron chi connectivity index (χ4n) is 2.00. The maximum Gasteiger partial charge on any atom is 0.319 e. The van der Waals surface area contributed by atoms with E-state index < -0.39 is 11.4 Å². The van der Waals surface area contributed by atoms with Gasteiger partial charge in [-0.3, -0.25) is 9.59 Å². The predicted molar refractivity (Wildman–Crippen MR) is 74.8 cm³/mol. The van der Waals surface area contributed by atoms with Crippen molar-refractivity contribution in [2.45, 2.75) is 40.0 Å². The van der Waals surface area contributed by atoms with Gasteiger partial charge in [-0.2, -0.15) is 0 Å². The van der Waals surface area contributed by atoms with Gasteiger partial charge in [0.2, 0.25) is 0 Å². The van der Waals surface area contributed by atoms with Crippen molar-refractivity contribution >= 4 is 11.8 Å². The van der Waals surface area contributed by atoms with Gasteiger partial charge in [0.25, 0.3) is 0 Å². The first kappa shape index (κ1) is 15.4. The summed E-state index contributed by atoms with van der Waals surface area (Å²) in [6, 6.07) is 10.1. The second kappa shape index (κ2) is 7.07. The molecule has 104 valence electrons. The van der Waals surface area contributed by atoms with Gasteiger partial charge < -0.3 is 4.74 Å². The number of ketones is 1. The molecular formula is C16H22O3. The lowest BCUT2D eigenvalue weighted by molar-refractivity contribution is -0.159. The molecule has 0 aromatic heterocycles. The first-order valence-corrected chi connectivity index (χ1v) is 6.73. The Morgan fingerprint density at radius 3 is 2.37 bits per heavy atom. The molecular weight excluding hydrogens is 240 g/mol. The van der Waals surface area contributed by atoms with E-state index in [1.165, 1.54) is 12.5 Å². The standard InChI is InChI=1S/C16H22O3/c1-4-19-15(18)16(3,13(2)17)12-8-11-14-9-6-5-7-10-14/h5-7,9-10H,4,8,11-12H2,1-3H3. The molecule has 0 heterocycles. The van der Waals surface area contributed by atoms with Crippen LogP contribution >= 0.6 is 0 Å². The Balaban J connectivity index is 2.60. The zero-order valence-electron chi connectivity index (χ0n) is 11.9. The van der Waals surface area contributed by atoms with E-state index in [2.05, 4.69) is 12.1 Å². The number of aryl methyl sites for hydroxylation is 1. The van der Waals surface area contributed by atoms with Crippen LogP contribution in [0.3, 0.4) is 0 Å². The number of carbonyl (C=O) groups is 2. The van der Waals surface area contributed by atoms with Gasteiger partial charge in [-0.1, -0.05) is 30.3 Å². The van der Waals surface area contributed by atoms with E-state index in [0.29, 0.717) is 13.0 Å². The molecule has 1 rings (SSSR count). The third-order valence-electron chi connectivity index (χ3n) is 3.49. The normalized spacial score (nSPS) is 13.6. The van der Waals surface area contributed by atoms with Crippen LogP contribution in [0, 0.1) is 5.41 Å². The summed E-state index contributed by atoms with van der Waals surface area (Å²) in [5.74, 6) is -0.533. The third-order valence-corrected chi connectivity index (χ3v) is 3.49. The van der Waals surface area contributed by atoms with Gasteiger partial charge in [-0.05, 0) is 45.6 Å². The van der Waals surface area contributed by atoms with Crippen molar-refractivity contribution in [1.29, 1.82) is 0 Å². The highest BCUT2D eigenvalue weighted by atomic mass is 16.5. The minimum Gasteiger partial charge on any atom is -0.465 e. The van der Waals surface area contributed by atoms with E-state index in [1.54, 1.807) is 13.8 Å². The van der Waals surface area contributed by atoms with Crippen molar-refractivity contribution in [3.05, 3.63) is 35.9 Å². The number of hydrogen-bond acceptors (Lipinski definition) is 3. The zero-order chi connectivity index (χ0) is 14.3. The molecule has 0 aliphatic rings. The number of ether oxygens (including phenoxy) is 1. The Labute approximate surface area is 115 Å². The van der Waals surface area contributed by atoms with E-state index in [0.717, 1.165) is 12.8 Å². The van der Waals surface area contributed by atoms with Gasteiger partial charge in [0.1, 0.15) is 11.2 Å². The molecule has 0 saturated carbocycles. The van der Waals surface area contributed by atoms with Gasteiger partial charge in [-0.15, -0.1) is 0 Å². The van der Waals surface area contributed by atoms with E-state index in [1.807, 2.05) is 18.2 Å². The molecule has 3 heteroatoms. The fraction of sp³-hybridized carbons (Fsp3) is 0.500. The number of hydrogen-bond donors (Lipinski definition) is 0. The van der Waals surface area contributed by atoms with Crippen molar-refractivity contribution in [3.8, 4) is 0 Å². The summed E-state index contributed by atoms with van der Waals surface area (Å²) >= 11 is 0. The van der Waals surface area contributed by atoms with Crippen LogP contribution in [-0.2, 0) is 20.7 Å². The van der Waals surface area contributed by atoms with Gasteiger partial charge in [0.05, 0.1) is 6.61 Å². The summed E-state index contributed by atoms with van der Waals surface area (Å²) < 4.78 is 5.01. The Bertz CT molecular complexity index is 425. The summed E-state index contributed by atoms with van der Waals surface area (Å²) in [6.45, 7) is 5.20. The van der Waals surface area contributed by atoms with Crippen LogP contribution in [0.1, 0.15) is 39.2 Å². The van der Waals surface area contributed by atoms with Crippen LogP contribution < -0.4 is 0 Å². The van der Waals surface area contributed by atoms with E-state index in [9.17, 15) is 9.59 Å². The smallest absolute Gasteiger partial charge is 0.319 e. The lowest BCUT2D eigenvalue weighted by Crippen LogP contribution is -2.36. The predicted octanol–water partition coefficient (Wildman–Crippen LogP) is 3.17. The summed E-state index contributed by atoms with van der Waals surface area (Å²) in [5.41, 5.74) is 0.211. The summed E-state index contributed by atoms with van der Waals surface area (Å²) in [7, 11) is 0. The molecule has 0 saturated heterocycles. The Morgan fingerprint density at radius 1 is 1.21 bits per heavy atom. The second-order valence-electron chi connectivity index (χ2n) is 4.95. The highest BCUT2D eigenvalue weighted by molar-refractivity contribution is 6.02. The molecule has 1 unspecified atom stereocenters. The summed E-state index contributed by atoms with van der Waals surface area (Å²) in [6.07, 6.45) is 2.18. The third kappa shape index (κ3) is 4.19. The van der Waals surface area contributed by atoms with E-state index >= 15 is 0 Å². The summed E-state index contributed by atoms with van der Waals surface area (Å²) in [4.78, 5) is 23.6.